The van der Waals surface area contributed by atoms with Gasteiger partial charge in [0, 0.05) is 18.0 Å². The van der Waals surface area contributed by atoms with Crippen molar-refractivity contribution in [3.8, 4) is 0 Å². The van der Waals surface area contributed by atoms with Gasteiger partial charge in [-0.1, -0.05) is 0 Å². The van der Waals surface area contributed by atoms with Gasteiger partial charge in [0.1, 0.15) is 11.5 Å². The van der Waals surface area contributed by atoms with Crippen LogP contribution in [0, 0.1) is 5.82 Å². The molecule has 0 atom stereocenters. The van der Waals surface area contributed by atoms with E-state index in [4.69, 9.17) is 0 Å². The van der Waals surface area contributed by atoms with Crippen molar-refractivity contribution in [2.45, 2.75) is 6.92 Å². The van der Waals surface area contributed by atoms with Crippen molar-refractivity contribution in [3.63, 3.8) is 0 Å². The van der Waals surface area contributed by atoms with Crippen LogP contribution in [-0.4, -0.2) is 10.8 Å². The number of carbonyl (C=O) groups excluding carboxylic acids is 1. The molecule has 1 N–H and O–H groups in total. The zero-order valence-electron chi connectivity index (χ0n) is 8.53. The minimum Gasteiger partial charge on any atom is -0.332 e. The maximum absolute atomic E-state index is 12.6. The number of hydrogen-bond acceptors (Lipinski definition) is 4. The first-order chi connectivity index (χ1) is 7.65. The van der Waals surface area contributed by atoms with Crippen molar-refractivity contribution in [2.24, 2.45) is 0 Å². The Morgan fingerprint density at radius 1 is 1.38 bits per heavy atom. The van der Waals surface area contributed by atoms with Crippen molar-refractivity contribution < 1.29 is 9.18 Å². The number of hydrogen-bond donors (Lipinski definition) is 1. The van der Waals surface area contributed by atoms with Gasteiger partial charge in [-0.15, -0.1) is 11.3 Å². The SMILES string of the molecule is CC(=O)c1csc(Nc2ccc(F)cc2)n1. The number of carbonyl (C=O) groups is 1. The van der Waals surface area contributed by atoms with Crippen LogP contribution in [0.4, 0.5) is 15.2 Å². The van der Waals surface area contributed by atoms with E-state index in [0.717, 1.165) is 5.69 Å². The molecular formula is C11H9FN2OS. The molecule has 16 heavy (non-hydrogen) atoms. The number of aromatic nitrogens is 1. The average Bonchev–Trinajstić information content (AvgIpc) is 2.70. The summed E-state index contributed by atoms with van der Waals surface area (Å²) in [4.78, 5) is 15.1. The molecule has 3 nitrogen and oxygen atoms in total. The van der Waals surface area contributed by atoms with Gasteiger partial charge in [0.05, 0.1) is 0 Å². The monoisotopic (exact) mass is 236 g/mol. The lowest BCUT2D eigenvalue weighted by Gasteiger charge is -2.00. The Kier molecular flexibility index (Phi) is 2.96. The van der Waals surface area contributed by atoms with Gasteiger partial charge in [-0.2, -0.15) is 0 Å². The Bertz CT molecular complexity index is 507. The molecule has 2 aromatic rings. The molecule has 1 heterocycles. The minimum absolute atomic E-state index is 0.0663. The zero-order chi connectivity index (χ0) is 11.5. The van der Waals surface area contributed by atoms with Gasteiger partial charge in [-0.25, -0.2) is 9.37 Å². The summed E-state index contributed by atoms with van der Waals surface area (Å²) in [6.07, 6.45) is 0. The highest BCUT2D eigenvalue weighted by molar-refractivity contribution is 7.14. The molecular weight excluding hydrogens is 227 g/mol. The molecule has 0 fully saturated rings. The smallest absolute Gasteiger partial charge is 0.187 e. The summed E-state index contributed by atoms with van der Waals surface area (Å²) in [5.74, 6) is -0.350. The summed E-state index contributed by atoms with van der Waals surface area (Å²) in [7, 11) is 0. The average molecular weight is 236 g/mol. The Hall–Kier alpha value is -1.75. The number of nitrogens with one attached hydrogen (secondary N) is 1. The minimum atomic E-state index is -0.283. The van der Waals surface area contributed by atoms with Crippen LogP contribution >= 0.6 is 11.3 Å². The van der Waals surface area contributed by atoms with Crippen LogP contribution in [0.1, 0.15) is 17.4 Å². The van der Waals surface area contributed by atoms with Crippen LogP contribution in [0.2, 0.25) is 0 Å². The summed E-state index contributed by atoms with van der Waals surface area (Å²) in [6.45, 7) is 1.47. The van der Waals surface area contributed by atoms with Gasteiger partial charge in [0.2, 0.25) is 0 Å². The van der Waals surface area contributed by atoms with E-state index in [2.05, 4.69) is 10.3 Å². The normalized spacial score (nSPS) is 10.1. The first kappa shape index (κ1) is 10.8. The Morgan fingerprint density at radius 3 is 2.62 bits per heavy atom. The van der Waals surface area contributed by atoms with Gasteiger partial charge in [-0.05, 0) is 24.3 Å². The van der Waals surface area contributed by atoms with Gasteiger partial charge in [0.25, 0.3) is 0 Å². The summed E-state index contributed by atoms with van der Waals surface area (Å²) < 4.78 is 12.6. The lowest BCUT2D eigenvalue weighted by molar-refractivity contribution is 0.101. The van der Waals surface area contributed by atoms with Gasteiger partial charge in [0.15, 0.2) is 10.9 Å². The largest absolute Gasteiger partial charge is 0.332 e. The second-order valence-electron chi connectivity index (χ2n) is 3.23. The van der Waals surface area contributed by atoms with Crippen molar-refractivity contribution in [3.05, 3.63) is 41.2 Å². The molecule has 0 aliphatic carbocycles. The fourth-order valence-corrected chi connectivity index (χ4v) is 1.92. The van der Waals surface area contributed by atoms with E-state index in [0.29, 0.717) is 10.8 Å². The number of nitrogens with zero attached hydrogens (tertiary/aromatic N) is 1. The highest BCUT2D eigenvalue weighted by atomic mass is 32.1. The number of benzene rings is 1. The third-order valence-electron chi connectivity index (χ3n) is 1.96. The first-order valence-corrected chi connectivity index (χ1v) is 5.52. The van der Waals surface area contributed by atoms with Gasteiger partial charge in [-0.3, -0.25) is 4.79 Å². The zero-order valence-corrected chi connectivity index (χ0v) is 9.34. The molecule has 0 saturated carbocycles. The van der Waals surface area contributed by atoms with E-state index in [1.807, 2.05) is 0 Å². The molecule has 1 aromatic heterocycles. The number of thiazole rings is 1. The predicted octanol–water partition coefficient (Wildman–Crippen LogP) is 3.23. The molecule has 0 amide bonds. The Labute approximate surface area is 96.0 Å². The van der Waals surface area contributed by atoms with Gasteiger partial charge >= 0.3 is 0 Å². The molecule has 82 valence electrons. The maximum atomic E-state index is 12.6. The van der Waals surface area contributed by atoms with Crippen LogP contribution in [0.5, 0.6) is 0 Å². The molecule has 5 heteroatoms. The molecule has 0 aliphatic rings. The Balaban J connectivity index is 2.14. The number of rotatable bonds is 3. The standard InChI is InChI=1S/C11H9FN2OS/c1-7(15)10-6-16-11(14-10)13-9-4-2-8(12)3-5-9/h2-6H,1H3,(H,13,14). The number of Topliss-reactive ketones (excluding diaryl/α,β-unsaturated/α-hetero) is 1. The molecule has 0 radical (unpaired) electrons. The highest BCUT2D eigenvalue weighted by Crippen LogP contribution is 2.21. The number of anilines is 2. The second kappa shape index (κ2) is 4.40. The van der Waals surface area contributed by atoms with Gasteiger partial charge < -0.3 is 5.32 Å². The van der Waals surface area contributed by atoms with E-state index in [1.165, 1.54) is 30.4 Å². The summed E-state index contributed by atoms with van der Waals surface area (Å²) in [5, 5.41) is 5.31. The van der Waals surface area contributed by atoms with E-state index in [9.17, 15) is 9.18 Å². The summed E-state index contributed by atoms with van der Waals surface area (Å²) >= 11 is 1.34. The Morgan fingerprint density at radius 2 is 2.06 bits per heavy atom. The molecule has 0 unspecified atom stereocenters. The summed E-state index contributed by atoms with van der Waals surface area (Å²) in [5.41, 5.74) is 1.18. The van der Waals surface area contributed by atoms with Crippen LogP contribution < -0.4 is 5.32 Å². The van der Waals surface area contributed by atoms with E-state index in [1.54, 1.807) is 17.5 Å². The quantitative estimate of drug-likeness (QED) is 0.832. The predicted molar refractivity (Wildman–Crippen MR) is 61.8 cm³/mol. The molecule has 0 aliphatic heterocycles. The molecule has 0 spiro atoms. The third-order valence-corrected chi connectivity index (χ3v) is 2.72. The number of halogens is 1. The van der Waals surface area contributed by atoms with Crippen LogP contribution in [0.15, 0.2) is 29.6 Å². The lowest BCUT2D eigenvalue weighted by atomic mass is 10.3. The fourth-order valence-electron chi connectivity index (χ4n) is 1.15. The van der Waals surface area contributed by atoms with E-state index >= 15 is 0 Å². The molecule has 2 rings (SSSR count). The highest BCUT2D eigenvalue weighted by Gasteiger charge is 2.05. The number of ketones is 1. The topological polar surface area (TPSA) is 42.0 Å². The van der Waals surface area contributed by atoms with Crippen molar-refractivity contribution in [1.29, 1.82) is 0 Å². The summed E-state index contributed by atoms with van der Waals surface area (Å²) in [6, 6.07) is 5.96. The lowest BCUT2D eigenvalue weighted by Crippen LogP contribution is -1.94. The van der Waals surface area contributed by atoms with Crippen molar-refractivity contribution in [1.82, 2.24) is 4.98 Å². The van der Waals surface area contributed by atoms with E-state index < -0.39 is 0 Å². The maximum Gasteiger partial charge on any atom is 0.187 e. The van der Waals surface area contributed by atoms with Crippen LogP contribution in [-0.2, 0) is 0 Å². The fraction of sp³-hybridized carbons (Fsp3) is 0.0909. The second-order valence-corrected chi connectivity index (χ2v) is 4.08. The van der Waals surface area contributed by atoms with Crippen LogP contribution in [0.3, 0.4) is 0 Å². The van der Waals surface area contributed by atoms with E-state index in [-0.39, 0.29) is 11.6 Å². The first-order valence-electron chi connectivity index (χ1n) is 4.64. The van der Waals surface area contributed by atoms with Crippen molar-refractivity contribution in [2.75, 3.05) is 5.32 Å². The molecule has 0 saturated heterocycles. The third kappa shape index (κ3) is 2.43. The van der Waals surface area contributed by atoms with Crippen molar-refractivity contribution >= 4 is 27.9 Å². The molecule has 0 bridgehead atoms. The molecule has 1 aromatic carbocycles. The van der Waals surface area contributed by atoms with Crippen LogP contribution in [0.25, 0.3) is 0 Å².